The van der Waals surface area contributed by atoms with E-state index < -0.39 is 23.0 Å². The largest absolute Gasteiger partial charge is 0.506 e. The number of methoxy groups -OCH3 is 1. The van der Waals surface area contributed by atoms with Crippen LogP contribution in [0.5, 0.6) is 11.5 Å². The highest BCUT2D eigenvalue weighted by molar-refractivity contribution is 6.01. The molecular formula is C25H29NO7. The number of carbonyl (C=O) groups is 3. The van der Waals surface area contributed by atoms with Crippen molar-refractivity contribution in [3.8, 4) is 11.5 Å². The molecule has 33 heavy (non-hydrogen) atoms. The molecule has 1 aromatic carbocycles. The minimum absolute atomic E-state index is 0.00635. The number of carbonyl (C=O) groups excluding carboxylic acids is 3. The summed E-state index contributed by atoms with van der Waals surface area (Å²) in [5.74, 6) is -1.67. The van der Waals surface area contributed by atoms with Gasteiger partial charge in [0.25, 0.3) is 0 Å². The average Bonchev–Trinajstić information content (AvgIpc) is 3.13. The fraction of sp³-hybridized carbons (Fsp3) is 0.560. The van der Waals surface area contributed by atoms with Crippen LogP contribution in [0.4, 0.5) is 5.69 Å². The first-order valence-electron chi connectivity index (χ1n) is 11.4. The molecule has 8 heteroatoms. The molecule has 0 aromatic heterocycles. The molecule has 2 saturated heterocycles. The normalized spacial score (nSPS) is 37.8. The molecular weight excluding hydrogens is 426 g/mol. The molecule has 5 unspecified atom stereocenters. The van der Waals surface area contributed by atoms with Crippen molar-refractivity contribution in [3.63, 3.8) is 0 Å². The molecule has 5 aliphatic rings. The van der Waals surface area contributed by atoms with Gasteiger partial charge in [0.2, 0.25) is 5.91 Å². The van der Waals surface area contributed by atoms with Crippen molar-refractivity contribution >= 4 is 23.3 Å². The predicted molar refractivity (Wildman–Crippen MR) is 118 cm³/mol. The Balaban J connectivity index is 1.35. The van der Waals surface area contributed by atoms with E-state index in [4.69, 9.17) is 4.74 Å². The van der Waals surface area contributed by atoms with Crippen molar-refractivity contribution in [2.75, 3.05) is 12.4 Å². The van der Waals surface area contributed by atoms with Gasteiger partial charge in [0, 0.05) is 17.8 Å². The summed E-state index contributed by atoms with van der Waals surface area (Å²) in [4.78, 5) is 37.7. The highest BCUT2D eigenvalue weighted by Crippen LogP contribution is 2.71. The number of phenols is 2. The standard InChI is InChI=1S/C25H29NO7/c1-23(8-7-18(29)26-19-15(27)5-4-14(20(19)30)22(31)32-3)17(28)6-9-25-11-13-10-16(21(23)25)33-24(13,2)12-25/h4-6,9,13,16,21,27,30H,7-8,10-12H2,1-3H3,(H,26,29)/t13?,16?,21?,23-,24?,25?/m1/s1. The lowest BCUT2D eigenvalue weighted by Crippen LogP contribution is -2.56. The first-order valence-corrected chi connectivity index (χ1v) is 11.4. The third kappa shape index (κ3) is 3.03. The van der Waals surface area contributed by atoms with Gasteiger partial charge in [-0.25, -0.2) is 4.79 Å². The molecule has 3 aliphatic carbocycles. The van der Waals surface area contributed by atoms with Gasteiger partial charge in [0.1, 0.15) is 17.0 Å². The van der Waals surface area contributed by atoms with Crippen LogP contribution in [-0.2, 0) is 19.1 Å². The Kier molecular flexibility index (Phi) is 4.70. The van der Waals surface area contributed by atoms with E-state index in [1.807, 2.05) is 6.92 Å². The number of rotatable bonds is 5. The molecule has 6 rings (SSSR count). The minimum Gasteiger partial charge on any atom is -0.506 e. The van der Waals surface area contributed by atoms with Crippen molar-refractivity contribution in [1.82, 2.24) is 0 Å². The van der Waals surface area contributed by atoms with E-state index in [0.29, 0.717) is 12.3 Å². The third-order valence-electron chi connectivity index (χ3n) is 8.61. The predicted octanol–water partition coefficient (Wildman–Crippen LogP) is 3.32. The molecule has 1 aromatic rings. The van der Waals surface area contributed by atoms with Crippen LogP contribution in [0, 0.1) is 22.7 Å². The Bertz CT molecular complexity index is 1100. The van der Waals surface area contributed by atoms with E-state index >= 15 is 0 Å². The summed E-state index contributed by atoms with van der Waals surface area (Å²) >= 11 is 0. The number of hydrogen-bond acceptors (Lipinski definition) is 7. The Morgan fingerprint density at radius 1 is 1.27 bits per heavy atom. The van der Waals surface area contributed by atoms with E-state index in [2.05, 4.69) is 23.1 Å². The third-order valence-corrected chi connectivity index (χ3v) is 8.61. The van der Waals surface area contributed by atoms with Gasteiger partial charge in [-0.1, -0.05) is 13.0 Å². The van der Waals surface area contributed by atoms with E-state index in [0.717, 1.165) is 19.3 Å². The zero-order chi connectivity index (χ0) is 23.8. The number of ketones is 1. The number of esters is 1. The van der Waals surface area contributed by atoms with E-state index in [-0.39, 0.29) is 52.2 Å². The van der Waals surface area contributed by atoms with Crippen molar-refractivity contribution in [2.45, 2.75) is 57.7 Å². The number of amides is 1. The van der Waals surface area contributed by atoms with Gasteiger partial charge < -0.3 is 25.0 Å². The van der Waals surface area contributed by atoms with Gasteiger partial charge in [-0.05, 0) is 62.1 Å². The van der Waals surface area contributed by atoms with Crippen LogP contribution in [0.3, 0.4) is 0 Å². The first kappa shape index (κ1) is 21.9. The van der Waals surface area contributed by atoms with E-state index in [1.165, 1.54) is 19.2 Å². The summed E-state index contributed by atoms with van der Waals surface area (Å²) in [5.41, 5.74) is -1.36. The van der Waals surface area contributed by atoms with Gasteiger partial charge in [-0.3, -0.25) is 9.59 Å². The van der Waals surface area contributed by atoms with Gasteiger partial charge in [-0.15, -0.1) is 0 Å². The Hall–Kier alpha value is -2.87. The summed E-state index contributed by atoms with van der Waals surface area (Å²) in [6.07, 6.45) is 7.00. The van der Waals surface area contributed by atoms with E-state index in [9.17, 15) is 24.6 Å². The Morgan fingerprint density at radius 3 is 2.73 bits per heavy atom. The number of ether oxygens (including phenoxy) is 2. The van der Waals surface area contributed by atoms with Gasteiger partial charge >= 0.3 is 5.97 Å². The maximum absolute atomic E-state index is 13.1. The molecule has 2 aliphatic heterocycles. The Labute approximate surface area is 192 Å². The number of phenolic OH excluding ortho intramolecular Hbond substituents is 2. The summed E-state index contributed by atoms with van der Waals surface area (Å²) < 4.78 is 11.0. The molecule has 4 bridgehead atoms. The Morgan fingerprint density at radius 2 is 2.03 bits per heavy atom. The molecule has 3 N–H and O–H groups in total. The van der Waals surface area contributed by atoms with Crippen LogP contribution in [-0.4, -0.2) is 46.7 Å². The van der Waals surface area contributed by atoms with Crippen molar-refractivity contribution in [1.29, 1.82) is 0 Å². The maximum Gasteiger partial charge on any atom is 0.341 e. The summed E-state index contributed by atoms with van der Waals surface area (Å²) in [5, 5.41) is 23.0. The number of anilines is 1. The smallest absolute Gasteiger partial charge is 0.341 e. The molecule has 1 amide bonds. The highest BCUT2D eigenvalue weighted by Gasteiger charge is 2.71. The SMILES string of the molecule is COC(=O)c1ccc(O)c(NC(=O)CC[C@]2(C)C(=O)C=CC34CC5CC(OC5(C)C3)C42)c1O. The first-order chi connectivity index (χ1) is 15.5. The number of aromatic hydroxyl groups is 2. The number of nitrogens with one attached hydrogen (secondary N) is 1. The fourth-order valence-corrected chi connectivity index (χ4v) is 7.19. The molecule has 2 heterocycles. The average molecular weight is 456 g/mol. The zero-order valence-electron chi connectivity index (χ0n) is 19.0. The van der Waals surface area contributed by atoms with E-state index in [1.54, 1.807) is 6.08 Å². The summed E-state index contributed by atoms with van der Waals surface area (Å²) in [6.45, 7) is 4.11. The van der Waals surface area contributed by atoms with Crippen LogP contribution in [0.15, 0.2) is 24.3 Å². The summed E-state index contributed by atoms with van der Waals surface area (Å²) in [6, 6.07) is 2.41. The number of hydrogen-bond donors (Lipinski definition) is 3. The second-order valence-corrected chi connectivity index (χ2v) is 10.5. The molecule has 4 fully saturated rings. The quantitative estimate of drug-likeness (QED) is 0.460. The second-order valence-electron chi connectivity index (χ2n) is 10.5. The zero-order valence-corrected chi connectivity index (χ0v) is 19.0. The molecule has 8 nitrogen and oxygen atoms in total. The number of allylic oxidation sites excluding steroid dienone is 2. The fourth-order valence-electron chi connectivity index (χ4n) is 7.19. The van der Waals surface area contributed by atoms with Crippen LogP contribution >= 0.6 is 0 Å². The monoisotopic (exact) mass is 455 g/mol. The minimum atomic E-state index is -0.792. The van der Waals surface area contributed by atoms with Crippen LogP contribution < -0.4 is 5.32 Å². The van der Waals surface area contributed by atoms with Crippen LogP contribution in [0.1, 0.15) is 56.3 Å². The topological polar surface area (TPSA) is 122 Å². The van der Waals surface area contributed by atoms with Crippen LogP contribution in [0.2, 0.25) is 0 Å². The van der Waals surface area contributed by atoms with Crippen molar-refractivity contribution < 1.29 is 34.1 Å². The molecule has 6 atom stereocenters. The number of benzene rings is 1. The molecule has 2 saturated carbocycles. The van der Waals surface area contributed by atoms with Gasteiger partial charge in [0.05, 0.1) is 18.8 Å². The van der Waals surface area contributed by atoms with Gasteiger partial charge in [0.15, 0.2) is 11.5 Å². The lowest BCUT2D eigenvalue weighted by Gasteiger charge is -2.55. The molecule has 1 spiro atoms. The lowest BCUT2D eigenvalue weighted by atomic mass is 9.51. The van der Waals surface area contributed by atoms with Crippen LogP contribution in [0.25, 0.3) is 0 Å². The second kappa shape index (κ2) is 7.06. The van der Waals surface area contributed by atoms with Gasteiger partial charge in [-0.2, -0.15) is 0 Å². The lowest BCUT2D eigenvalue weighted by molar-refractivity contribution is -0.169. The molecule has 176 valence electrons. The summed E-state index contributed by atoms with van der Waals surface area (Å²) in [7, 11) is 1.17. The van der Waals surface area contributed by atoms with Crippen molar-refractivity contribution in [3.05, 3.63) is 29.8 Å². The molecule has 0 radical (unpaired) electrons. The maximum atomic E-state index is 13.1. The highest BCUT2D eigenvalue weighted by atomic mass is 16.5. The van der Waals surface area contributed by atoms with Crippen molar-refractivity contribution in [2.24, 2.45) is 22.7 Å².